The van der Waals surface area contributed by atoms with Gasteiger partial charge in [0.15, 0.2) is 5.13 Å². The molecule has 3 aromatic rings. The number of hydrogen-bond donors (Lipinski definition) is 1. The molecule has 9 nitrogen and oxygen atoms in total. The smallest absolute Gasteiger partial charge is 0.271 e. The van der Waals surface area contributed by atoms with Gasteiger partial charge in [-0.1, -0.05) is 11.3 Å². The molecule has 1 fully saturated rings. The summed E-state index contributed by atoms with van der Waals surface area (Å²) in [5, 5.41) is 24.1. The van der Waals surface area contributed by atoms with Gasteiger partial charge in [0, 0.05) is 38.3 Å². The van der Waals surface area contributed by atoms with Crippen molar-refractivity contribution in [3.63, 3.8) is 0 Å². The van der Waals surface area contributed by atoms with Gasteiger partial charge in [0.2, 0.25) is 5.95 Å². The number of piperidine rings is 1. The standard InChI is InChI=1S/C17H17N7O2S/c1-22-15-5-4-12(24(25)26)7-14(15)21-17(22)23-6-2-3-11(10-23)20-16-19-9-13(8-18)27-16/h4-5,7,9,11H,2-3,6,10H2,1H3,(H,19,20)/t11-/m1/s1. The van der Waals surface area contributed by atoms with Gasteiger partial charge in [0.05, 0.1) is 22.2 Å². The first-order valence-corrected chi connectivity index (χ1v) is 9.35. The number of aryl methyl sites for hydroxylation is 1. The van der Waals surface area contributed by atoms with Crippen LogP contribution in [0.1, 0.15) is 17.7 Å². The van der Waals surface area contributed by atoms with Crippen LogP contribution in [-0.4, -0.2) is 38.6 Å². The monoisotopic (exact) mass is 383 g/mol. The number of fused-ring (bicyclic) bond motifs is 1. The van der Waals surface area contributed by atoms with Crippen LogP contribution >= 0.6 is 11.3 Å². The molecule has 0 bridgehead atoms. The van der Waals surface area contributed by atoms with Gasteiger partial charge in [0.25, 0.3) is 5.69 Å². The molecule has 1 atom stereocenters. The predicted molar refractivity (Wildman–Crippen MR) is 103 cm³/mol. The number of benzene rings is 1. The molecular formula is C17H17N7O2S. The maximum Gasteiger partial charge on any atom is 0.271 e. The Kier molecular flexibility index (Phi) is 4.37. The zero-order valence-corrected chi connectivity index (χ0v) is 15.4. The zero-order valence-electron chi connectivity index (χ0n) is 14.6. The molecular weight excluding hydrogens is 366 g/mol. The largest absolute Gasteiger partial charge is 0.357 e. The summed E-state index contributed by atoms with van der Waals surface area (Å²) in [6.45, 7) is 1.62. The van der Waals surface area contributed by atoms with Gasteiger partial charge in [-0.15, -0.1) is 0 Å². The predicted octanol–water partition coefficient (Wildman–Crippen LogP) is 2.89. The summed E-state index contributed by atoms with van der Waals surface area (Å²) < 4.78 is 1.97. The molecule has 0 radical (unpaired) electrons. The molecule has 27 heavy (non-hydrogen) atoms. The molecule has 1 N–H and O–H groups in total. The minimum Gasteiger partial charge on any atom is -0.357 e. The summed E-state index contributed by atoms with van der Waals surface area (Å²) in [6.07, 6.45) is 3.58. The van der Waals surface area contributed by atoms with Crippen LogP contribution in [0, 0.1) is 21.4 Å². The van der Waals surface area contributed by atoms with Crippen LogP contribution in [-0.2, 0) is 7.05 Å². The third-order valence-corrected chi connectivity index (χ3v) is 5.53. The molecule has 1 aliphatic rings. The Balaban J connectivity index is 1.56. The summed E-state index contributed by atoms with van der Waals surface area (Å²) in [7, 11) is 1.92. The average Bonchev–Trinajstić information content (AvgIpc) is 3.26. The van der Waals surface area contributed by atoms with Crippen LogP contribution < -0.4 is 10.2 Å². The van der Waals surface area contributed by atoms with E-state index in [0.717, 1.165) is 42.5 Å². The minimum atomic E-state index is -0.405. The highest BCUT2D eigenvalue weighted by Crippen LogP contribution is 2.28. The number of nitrogens with zero attached hydrogens (tertiary/aromatic N) is 6. The van der Waals surface area contributed by atoms with Crippen LogP contribution in [0.15, 0.2) is 24.4 Å². The Hall–Kier alpha value is -3.19. The summed E-state index contributed by atoms with van der Waals surface area (Å²) in [4.78, 5) is 22.2. The van der Waals surface area contributed by atoms with E-state index in [0.29, 0.717) is 10.4 Å². The van der Waals surface area contributed by atoms with E-state index < -0.39 is 4.92 Å². The van der Waals surface area contributed by atoms with Crippen molar-refractivity contribution < 1.29 is 4.92 Å². The second kappa shape index (κ2) is 6.85. The number of nitriles is 1. The Morgan fingerprint density at radius 2 is 2.33 bits per heavy atom. The van der Waals surface area contributed by atoms with Crippen LogP contribution in [0.4, 0.5) is 16.8 Å². The Bertz CT molecular complexity index is 1050. The first kappa shape index (κ1) is 17.2. The number of imidazole rings is 1. The summed E-state index contributed by atoms with van der Waals surface area (Å²) in [6, 6.07) is 7.05. The topological polar surface area (TPSA) is 113 Å². The maximum absolute atomic E-state index is 11.0. The average molecular weight is 383 g/mol. The third kappa shape index (κ3) is 3.29. The molecule has 138 valence electrons. The highest BCUT2D eigenvalue weighted by atomic mass is 32.1. The lowest BCUT2D eigenvalue weighted by molar-refractivity contribution is -0.384. The highest BCUT2D eigenvalue weighted by molar-refractivity contribution is 7.16. The minimum absolute atomic E-state index is 0.0439. The third-order valence-electron chi connectivity index (χ3n) is 4.70. The number of non-ortho nitro benzene ring substituents is 1. The summed E-state index contributed by atoms with van der Waals surface area (Å²) in [5.74, 6) is 0.800. The molecule has 1 aliphatic heterocycles. The molecule has 0 saturated carbocycles. The van der Waals surface area contributed by atoms with Crippen molar-refractivity contribution in [2.24, 2.45) is 7.05 Å². The van der Waals surface area contributed by atoms with Crippen LogP contribution in [0.3, 0.4) is 0 Å². The zero-order chi connectivity index (χ0) is 19.0. The molecule has 3 heterocycles. The fourth-order valence-corrected chi connectivity index (χ4v) is 4.11. The normalized spacial score (nSPS) is 17.0. The molecule has 1 saturated heterocycles. The quantitative estimate of drug-likeness (QED) is 0.544. The van der Waals surface area contributed by atoms with Crippen molar-refractivity contribution in [2.45, 2.75) is 18.9 Å². The van der Waals surface area contributed by atoms with Gasteiger partial charge in [-0.25, -0.2) is 9.97 Å². The summed E-state index contributed by atoms with van der Waals surface area (Å²) >= 11 is 1.35. The van der Waals surface area contributed by atoms with Crippen LogP contribution in [0.25, 0.3) is 11.0 Å². The number of nitro groups is 1. The number of hydrogen-bond acceptors (Lipinski definition) is 8. The fraction of sp³-hybridized carbons (Fsp3) is 0.353. The first-order chi connectivity index (χ1) is 13.0. The van der Waals surface area contributed by atoms with Crippen molar-refractivity contribution in [3.05, 3.63) is 39.4 Å². The summed E-state index contributed by atoms with van der Waals surface area (Å²) in [5.41, 5.74) is 1.53. The first-order valence-electron chi connectivity index (χ1n) is 8.53. The molecule has 1 aromatic carbocycles. The van der Waals surface area contributed by atoms with E-state index in [9.17, 15) is 10.1 Å². The Labute approximate surface area is 159 Å². The van der Waals surface area contributed by atoms with Gasteiger partial charge in [-0.2, -0.15) is 5.26 Å². The van der Waals surface area contributed by atoms with E-state index in [2.05, 4.69) is 26.3 Å². The molecule has 10 heteroatoms. The highest BCUT2D eigenvalue weighted by Gasteiger charge is 2.24. The lowest BCUT2D eigenvalue weighted by atomic mass is 10.1. The van der Waals surface area contributed by atoms with Crippen molar-refractivity contribution in [1.29, 1.82) is 5.26 Å². The van der Waals surface area contributed by atoms with Crippen molar-refractivity contribution in [2.75, 3.05) is 23.3 Å². The van der Waals surface area contributed by atoms with E-state index in [1.54, 1.807) is 12.3 Å². The molecule has 0 unspecified atom stereocenters. The molecule has 0 aliphatic carbocycles. The van der Waals surface area contributed by atoms with Crippen molar-refractivity contribution in [1.82, 2.24) is 14.5 Å². The van der Waals surface area contributed by atoms with E-state index in [1.165, 1.54) is 23.5 Å². The lowest BCUT2D eigenvalue weighted by Crippen LogP contribution is -2.43. The number of nitrogens with one attached hydrogen (secondary N) is 1. The fourth-order valence-electron chi connectivity index (χ4n) is 3.42. The van der Waals surface area contributed by atoms with E-state index in [1.807, 2.05) is 11.6 Å². The van der Waals surface area contributed by atoms with Gasteiger partial charge in [-0.3, -0.25) is 10.1 Å². The number of anilines is 2. The lowest BCUT2D eigenvalue weighted by Gasteiger charge is -2.33. The van der Waals surface area contributed by atoms with Crippen LogP contribution in [0.2, 0.25) is 0 Å². The van der Waals surface area contributed by atoms with E-state index >= 15 is 0 Å². The van der Waals surface area contributed by atoms with E-state index in [4.69, 9.17) is 5.26 Å². The second-order valence-electron chi connectivity index (χ2n) is 6.47. The second-order valence-corrected chi connectivity index (χ2v) is 7.50. The van der Waals surface area contributed by atoms with Crippen LogP contribution in [0.5, 0.6) is 0 Å². The Morgan fingerprint density at radius 1 is 1.48 bits per heavy atom. The van der Waals surface area contributed by atoms with Crippen molar-refractivity contribution in [3.8, 4) is 6.07 Å². The van der Waals surface area contributed by atoms with Gasteiger partial charge < -0.3 is 14.8 Å². The van der Waals surface area contributed by atoms with Gasteiger partial charge in [0.1, 0.15) is 10.9 Å². The molecule has 2 aromatic heterocycles. The molecule has 0 amide bonds. The molecule has 0 spiro atoms. The Morgan fingerprint density at radius 3 is 3.07 bits per heavy atom. The number of thiazole rings is 1. The van der Waals surface area contributed by atoms with E-state index in [-0.39, 0.29) is 11.7 Å². The van der Waals surface area contributed by atoms with Gasteiger partial charge >= 0.3 is 0 Å². The van der Waals surface area contributed by atoms with Gasteiger partial charge in [-0.05, 0) is 18.9 Å². The number of aromatic nitrogens is 3. The SMILES string of the molecule is Cn1c(N2CCC[C@@H](Nc3ncc(C#N)s3)C2)nc2cc([N+](=O)[O-])ccc21. The maximum atomic E-state index is 11.0. The van der Waals surface area contributed by atoms with Crippen molar-refractivity contribution >= 4 is 39.1 Å². The number of nitro benzene ring substituents is 1. The number of rotatable bonds is 4. The molecule has 4 rings (SSSR count).